The Morgan fingerprint density at radius 1 is 1.21 bits per heavy atom. The SMILES string of the molecule is Cc1cccc(-c2nc(C(C)C)no2)c1NC(=O)Cc1csc(-c2ccco2)n1. The first-order valence-electron chi connectivity index (χ1n) is 9.23. The van der Waals surface area contributed by atoms with Crippen molar-refractivity contribution < 1.29 is 13.7 Å². The Hall–Kier alpha value is -3.26. The lowest BCUT2D eigenvalue weighted by Gasteiger charge is -2.11. The molecule has 0 radical (unpaired) electrons. The number of aromatic nitrogens is 3. The van der Waals surface area contributed by atoms with Gasteiger partial charge in [-0.2, -0.15) is 4.98 Å². The molecule has 29 heavy (non-hydrogen) atoms. The topological polar surface area (TPSA) is 94.1 Å². The fraction of sp³-hybridized carbons (Fsp3) is 0.238. The highest BCUT2D eigenvalue weighted by Crippen LogP contribution is 2.31. The number of rotatable bonds is 6. The van der Waals surface area contributed by atoms with E-state index in [0.29, 0.717) is 34.4 Å². The van der Waals surface area contributed by atoms with Gasteiger partial charge >= 0.3 is 0 Å². The molecule has 0 aliphatic carbocycles. The normalized spacial score (nSPS) is 11.2. The summed E-state index contributed by atoms with van der Waals surface area (Å²) < 4.78 is 10.8. The number of benzene rings is 1. The maximum atomic E-state index is 12.7. The molecule has 4 rings (SSSR count). The number of nitrogens with one attached hydrogen (secondary N) is 1. The van der Waals surface area contributed by atoms with Gasteiger partial charge in [0.25, 0.3) is 5.89 Å². The molecule has 0 aliphatic rings. The first kappa shape index (κ1) is 19.1. The average Bonchev–Trinajstić information content (AvgIpc) is 3.44. The number of hydrogen-bond acceptors (Lipinski definition) is 7. The molecule has 0 saturated heterocycles. The van der Waals surface area contributed by atoms with Crippen LogP contribution in [0, 0.1) is 6.92 Å². The van der Waals surface area contributed by atoms with E-state index in [9.17, 15) is 4.79 Å². The van der Waals surface area contributed by atoms with Crippen molar-refractivity contribution in [3.63, 3.8) is 0 Å². The Kier molecular flexibility index (Phi) is 5.26. The van der Waals surface area contributed by atoms with Gasteiger partial charge in [-0.25, -0.2) is 4.98 Å². The maximum absolute atomic E-state index is 12.7. The predicted octanol–water partition coefficient (Wildman–Crippen LogP) is 5.07. The highest BCUT2D eigenvalue weighted by atomic mass is 32.1. The number of nitrogens with zero attached hydrogens (tertiary/aromatic N) is 3. The average molecular weight is 408 g/mol. The van der Waals surface area contributed by atoms with Crippen LogP contribution in [0.2, 0.25) is 0 Å². The van der Waals surface area contributed by atoms with Crippen LogP contribution >= 0.6 is 11.3 Å². The molecule has 8 heteroatoms. The quantitative estimate of drug-likeness (QED) is 0.479. The molecule has 0 aliphatic heterocycles. The van der Waals surface area contributed by atoms with Crippen LogP contribution in [0.5, 0.6) is 0 Å². The lowest BCUT2D eigenvalue weighted by atomic mass is 10.1. The molecule has 0 spiro atoms. The highest BCUT2D eigenvalue weighted by Gasteiger charge is 2.18. The summed E-state index contributed by atoms with van der Waals surface area (Å²) in [7, 11) is 0. The van der Waals surface area contributed by atoms with Gasteiger partial charge in [-0.05, 0) is 30.7 Å². The van der Waals surface area contributed by atoms with E-state index in [4.69, 9.17) is 8.94 Å². The van der Waals surface area contributed by atoms with Gasteiger partial charge in [0.2, 0.25) is 5.91 Å². The van der Waals surface area contributed by atoms with Crippen LogP contribution in [0.4, 0.5) is 5.69 Å². The van der Waals surface area contributed by atoms with Gasteiger partial charge in [-0.1, -0.05) is 31.1 Å². The van der Waals surface area contributed by atoms with E-state index >= 15 is 0 Å². The zero-order valence-corrected chi connectivity index (χ0v) is 17.1. The standard InChI is InChI=1S/C21H20N4O3S/c1-12(2)19-24-20(28-25-19)15-7-4-6-13(3)18(15)23-17(26)10-14-11-29-21(22-14)16-8-5-9-27-16/h4-9,11-12H,10H2,1-3H3,(H,23,26). The van der Waals surface area contributed by atoms with E-state index in [-0.39, 0.29) is 18.2 Å². The van der Waals surface area contributed by atoms with Crippen molar-refractivity contribution in [2.75, 3.05) is 5.32 Å². The van der Waals surface area contributed by atoms with Crippen LogP contribution in [-0.2, 0) is 11.2 Å². The second-order valence-corrected chi connectivity index (χ2v) is 7.81. The minimum absolute atomic E-state index is 0.156. The first-order chi connectivity index (χ1) is 14.0. The van der Waals surface area contributed by atoms with E-state index in [1.807, 2.05) is 56.5 Å². The molecule has 0 saturated carbocycles. The summed E-state index contributed by atoms with van der Waals surface area (Å²) in [5, 5.41) is 9.62. The van der Waals surface area contributed by atoms with Crippen molar-refractivity contribution in [3.8, 4) is 22.2 Å². The molecule has 7 nitrogen and oxygen atoms in total. The van der Waals surface area contributed by atoms with Crippen molar-refractivity contribution in [3.05, 3.63) is 59.1 Å². The number of para-hydroxylation sites is 1. The fourth-order valence-corrected chi connectivity index (χ4v) is 3.63. The summed E-state index contributed by atoms with van der Waals surface area (Å²) >= 11 is 1.45. The number of thiazole rings is 1. The zero-order chi connectivity index (χ0) is 20.4. The number of amides is 1. The number of anilines is 1. The molecular formula is C21H20N4O3S. The molecule has 1 amide bonds. The fourth-order valence-electron chi connectivity index (χ4n) is 2.84. The summed E-state index contributed by atoms with van der Waals surface area (Å²) in [6, 6.07) is 9.34. The number of hydrogen-bond donors (Lipinski definition) is 1. The van der Waals surface area contributed by atoms with Gasteiger partial charge < -0.3 is 14.3 Å². The van der Waals surface area contributed by atoms with Crippen LogP contribution in [-0.4, -0.2) is 21.0 Å². The van der Waals surface area contributed by atoms with E-state index in [1.165, 1.54) is 11.3 Å². The lowest BCUT2D eigenvalue weighted by molar-refractivity contribution is -0.115. The van der Waals surface area contributed by atoms with Gasteiger partial charge in [-0.15, -0.1) is 11.3 Å². The number of furan rings is 1. The molecule has 0 fully saturated rings. The van der Waals surface area contributed by atoms with E-state index < -0.39 is 0 Å². The van der Waals surface area contributed by atoms with Crippen LogP contribution in [0.3, 0.4) is 0 Å². The van der Waals surface area contributed by atoms with E-state index in [1.54, 1.807) is 6.26 Å². The second kappa shape index (κ2) is 8.00. The predicted molar refractivity (Wildman–Crippen MR) is 111 cm³/mol. The van der Waals surface area contributed by atoms with Crippen molar-refractivity contribution in [1.82, 2.24) is 15.1 Å². The molecule has 4 aromatic rings. The summed E-state index contributed by atoms with van der Waals surface area (Å²) in [5.41, 5.74) is 2.97. The van der Waals surface area contributed by atoms with Crippen LogP contribution in [0.25, 0.3) is 22.2 Å². The Balaban J connectivity index is 1.54. The molecular weight excluding hydrogens is 388 g/mol. The van der Waals surface area contributed by atoms with Crippen molar-refractivity contribution in [1.29, 1.82) is 0 Å². The molecule has 3 heterocycles. The van der Waals surface area contributed by atoms with E-state index in [2.05, 4.69) is 20.4 Å². The Bertz CT molecular complexity index is 1130. The third-order valence-electron chi connectivity index (χ3n) is 4.35. The van der Waals surface area contributed by atoms with Crippen molar-refractivity contribution in [2.24, 2.45) is 0 Å². The number of carbonyl (C=O) groups is 1. The molecule has 0 unspecified atom stereocenters. The molecule has 3 aromatic heterocycles. The zero-order valence-electron chi connectivity index (χ0n) is 16.3. The number of carbonyl (C=O) groups excluding carboxylic acids is 1. The third kappa shape index (κ3) is 4.12. The van der Waals surface area contributed by atoms with Crippen LogP contribution in [0.15, 0.2) is 50.9 Å². The Morgan fingerprint density at radius 2 is 2.07 bits per heavy atom. The van der Waals surface area contributed by atoms with E-state index in [0.717, 1.165) is 10.6 Å². The summed E-state index contributed by atoms with van der Waals surface area (Å²) in [6.07, 6.45) is 1.76. The van der Waals surface area contributed by atoms with Gasteiger partial charge in [0.05, 0.1) is 29.6 Å². The smallest absolute Gasteiger partial charge is 0.260 e. The lowest BCUT2D eigenvalue weighted by Crippen LogP contribution is -2.16. The third-order valence-corrected chi connectivity index (χ3v) is 5.26. The minimum Gasteiger partial charge on any atom is -0.462 e. The summed E-state index contributed by atoms with van der Waals surface area (Å²) in [6.45, 7) is 5.92. The molecule has 1 N–H and O–H groups in total. The van der Waals surface area contributed by atoms with Crippen molar-refractivity contribution in [2.45, 2.75) is 33.1 Å². The molecule has 0 bridgehead atoms. The number of aryl methyl sites for hydroxylation is 1. The van der Waals surface area contributed by atoms with Gasteiger partial charge in [-0.3, -0.25) is 4.79 Å². The Labute approximate surface area is 171 Å². The minimum atomic E-state index is -0.166. The van der Waals surface area contributed by atoms with Crippen LogP contribution < -0.4 is 5.32 Å². The molecule has 1 aromatic carbocycles. The molecule has 0 atom stereocenters. The largest absolute Gasteiger partial charge is 0.462 e. The maximum Gasteiger partial charge on any atom is 0.260 e. The molecule has 148 valence electrons. The summed E-state index contributed by atoms with van der Waals surface area (Å²) in [5.74, 6) is 1.71. The van der Waals surface area contributed by atoms with Crippen molar-refractivity contribution >= 4 is 22.9 Å². The Morgan fingerprint density at radius 3 is 2.79 bits per heavy atom. The van der Waals surface area contributed by atoms with Gasteiger partial charge in [0.15, 0.2) is 16.6 Å². The summed E-state index contributed by atoms with van der Waals surface area (Å²) in [4.78, 5) is 21.6. The first-order valence-corrected chi connectivity index (χ1v) is 10.1. The van der Waals surface area contributed by atoms with Crippen LogP contribution in [0.1, 0.15) is 36.8 Å². The van der Waals surface area contributed by atoms with Gasteiger partial charge in [0, 0.05) is 11.3 Å². The second-order valence-electron chi connectivity index (χ2n) is 6.96. The van der Waals surface area contributed by atoms with Gasteiger partial charge in [0.1, 0.15) is 0 Å². The monoisotopic (exact) mass is 408 g/mol. The highest BCUT2D eigenvalue weighted by molar-refractivity contribution is 7.13.